The predicted molar refractivity (Wildman–Crippen MR) is 86.2 cm³/mol. The summed E-state index contributed by atoms with van der Waals surface area (Å²) in [7, 11) is -3.46. The van der Waals surface area contributed by atoms with Crippen molar-refractivity contribution in [2.24, 2.45) is 17.6 Å². The first kappa shape index (κ1) is 16.4. The van der Waals surface area contributed by atoms with Gasteiger partial charge in [0.05, 0.1) is 3.79 Å². The summed E-state index contributed by atoms with van der Waals surface area (Å²) in [5, 5.41) is 0. The number of halogens is 1. The van der Waals surface area contributed by atoms with Crippen molar-refractivity contribution in [3.05, 3.63) is 14.7 Å². The largest absolute Gasteiger partial charge is 0.326 e. The highest BCUT2D eigenvalue weighted by molar-refractivity contribution is 9.11. The van der Waals surface area contributed by atoms with E-state index in [1.165, 1.54) is 11.3 Å². The van der Waals surface area contributed by atoms with Crippen molar-refractivity contribution in [1.29, 1.82) is 0 Å². The number of thiophene rings is 1. The maximum Gasteiger partial charge on any atom is 0.245 e. The van der Waals surface area contributed by atoms with Gasteiger partial charge in [0, 0.05) is 24.0 Å². The molecule has 1 aliphatic heterocycles. The molecule has 7 heteroatoms. The van der Waals surface area contributed by atoms with E-state index in [9.17, 15) is 8.42 Å². The first-order chi connectivity index (χ1) is 9.27. The average Bonchev–Trinajstić information content (AvgIpc) is 2.75. The fraction of sp³-hybridized carbons (Fsp3) is 0.692. The Morgan fingerprint density at radius 2 is 2.10 bits per heavy atom. The summed E-state index contributed by atoms with van der Waals surface area (Å²) in [5.74, 6) is 0.766. The highest BCUT2D eigenvalue weighted by atomic mass is 79.9. The van der Waals surface area contributed by atoms with Gasteiger partial charge >= 0.3 is 0 Å². The van der Waals surface area contributed by atoms with E-state index < -0.39 is 10.0 Å². The fourth-order valence-electron chi connectivity index (χ4n) is 2.78. The van der Waals surface area contributed by atoms with Crippen LogP contribution in [0.2, 0.25) is 0 Å². The van der Waals surface area contributed by atoms with Gasteiger partial charge < -0.3 is 5.73 Å². The van der Waals surface area contributed by atoms with E-state index in [0.29, 0.717) is 33.6 Å². The molecule has 0 amide bonds. The van der Waals surface area contributed by atoms with Crippen LogP contribution in [0.1, 0.15) is 32.1 Å². The van der Waals surface area contributed by atoms with Gasteiger partial charge in [-0.05, 0) is 47.2 Å². The van der Waals surface area contributed by atoms with Gasteiger partial charge in [-0.15, -0.1) is 11.3 Å². The van der Waals surface area contributed by atoms with E-state index in [-0.39, 0.29) is 6.04 Å². The van der Waals surface area contributed by atoms with Gasteiger partial charge in [-0.1, -0.05) is 13.8 Å². The standard InChI is InChI=1S/C13H21BrN2O2S2/c1-8-4-9(2)10(3)16(7-8)20(17,18)12-5-11(6-15)19-13(12)14/h5,8-10H,4,6-7,15H2,1-3H3. The summed E-state index contributed by atoms with van der Waals surface area (Å²) in [6, 6.07) is 1.73. The van der Waals surface area contributed by atoms with Crippen molar-refractivity contribution >= 4 is 37.3 Å². The van der Waals surface area contributed by atoms with Crippen LogP contribution in [0.15, 0.2) is 14.7 Å². The summed E-state index contributed by atoms with van der Waals surface area (Å²) in [6.07, 6.45) is 1.08. The third kappa shape index (κ3) is 2.97. The molecule has 2 rings (SSSR count). The fourth-order valence-corrected chi connectivity index (χ4v) is 7.14. The van der Waals surface area contributed by atoms with Crippen molar-refractivity contribution in [3.63, 3.8) is 0 Å². The van der Waals surface area contributed by atoms with Gasteiger partial charge in [-0.2, -0.15) is 4.31 Å². The van der Waals surface area contributed by atoms with Crippen LogP contribution in [0.3, 0.4) is 0 Å². The molecule has 1 aromatic heterocycles. The lowest BCUT2D eigenvalue weighted by atomic mass is 9.88. The average molecular weight is 381 g/mol. The Hall–Kier alpha value is 0.0500. The molecular weight excluding hydrogens is 360 g/mol. The third-order valence-electron chi connectivity index (χ3n) is 4.04. The van der Waals surface area contributed by atoms with Crippen LogP contribution < -0.4 is 5.73 Å². The molecule has 0 spiro atoms. The number of sulfonamides is 1. The van der Waals surface area contributed by atoms with E-state index in [1.54, 1.807) is 10.4 Å². The lowest BCUT2D eigenvalue weighted by molar-refractivity contribution is 0.157. The number of hydrogen-bond donors (Lipinski definition) is 1. The molecule has 2 N–H and O–H groups in total. The molecule has 1 saturated heterocycles. The molecule has 114 valence electrons. The smallest absolute Gasteiger partial charge is 0.245 e. The zero-order valence-electron chi connectivity index (χ0n) is 12.0. The minimum atomic E-state index is -3.46. The number of piperidine rings is 1. The molecule has 1 aromatic rings. The third-order valence-corrected chi connectivity index (χ3v) is 8.26. The van der Waals surface area contributed by atoms with Gasteiger partial charge in [0.15, 0.2) is 0 Å². The van der Waals surface area contributed by atoms with Gasteiger partial charge in [0.25, 0.3) is 0 Å². The Kier molecular flexibility index (Phi) is 4.96. The van der Waals surface area contributed by atoms with E-state index >= 15 is 0 Å². The molecule has 0 saturated carbocycles. The highest BCUT2D eigenvalue weighted by Gasteiger charge is 2.38. The molecule has 1 fully saturated rings. The molecule has 0 bridgehead atoms. The van der Waals surface area contributed by atoms with Crippen molar-refractivity contribution in [2.45, 2.75) is 44.7 Å². The van der Waals surface area contributed by atoms with Crippen molar-refractivity contribution in [2.75, 3.05) is 6.54 Å². The molecule has 0 aliphatic carbocycles. The van der Waals surface area contributed by atoms with E-state index in [2.05, 4.69) is 29.8 Å². The Bertz CT molecular complexity index is 585. The molecule has 3 unspecified atom stereocenters. The second-order valence-electron chi connectivity index (χ2n) is 5.69. The summed E-state index contributed by atoms with van der Waals surface area (Å²) in [4.78, 5) is 1.23. The summed E-state index contributed by atoms with van der Waals surface area (Å²) >= 11 is 4.76. The molecular formula is C13H21BrN2O2S2. The first-order valence-electron chi connectivity index (χ1n) is 6.77. The van der Waals surface area contributed by atoms with E-state index in [1.807, 2.05) is 6.92 Å². The van der Waals surface area contributed by atoms with Crippen LogP contribution in [-0.4, -0.2) is 25.3 Å². The maximum atomic E-state index is 12.9. The molecule has 1 aliphatic rings. The highest BCUT2D eigenvalue weighted by Crippen LogP contribution is 2.37. The molecule has 20 heavy (non-hydrogen) atoms. The first-order valence-corrected chi connectivity index (χ1v) is 9.82. The molecule has 0 radical (unpaired) electrons. The van der Waals surface area contributed by atoms with Crippen LogP contribution in [-0.2, 0) is 16.6 Å². The quantitative estimate of drug-likeness (QED) is 0.876. The lowest BCUT2D eigenvalue weighted by Gasteiger charge is -2.39. The predicted octanol–water partition coefficient (Wildman–Crippen LogP) is 3.02. The topological polar surface area (TPSA) is 63.4 Å². The second-order valence-corrected chi connectivity index (χ2v) is 10.0. The van der Waals surface area contributed by atoms with Crippen LogP contribution in [0, 0.1) is 11.8 Å². The summed E-state index contributed by atoms with van der Waals surface area (Å²) in [5.41, 5.74) is 5.61. The van der Waals surface area contributed by atoms with Gasteiger partial charge in [-0.3, -0.25) is 0 Å². The maximum absolute atomic E-state index is 12.9. The van der Waals surface area contributed by atoms with Crippen LogP contribution in [0.5, 0.6) is 0 Å². The summed E-state index contributed by atoms with van der Waals surface area (Å²) < 4.78 is 28.1. The van der Waals surface area contributed by atoms with Crippen molar-refractivity contribution in [1.82, 2.24) is 4.31 Å². The molecule has 0 aromatic carbocycles. The van der Waals surface area contributed by atoms with E-state index in [4.69, 9.17) is 5.73 Å². The molecule has 2 heterocycles. The number of hydrogen-bond acceptors (Lipinski definition) is 4. The van der Waals surface area contributed by atoms with Crippen LogP contribution >= 0.6 is 27.3 Å². The van der Waals surface area contributed by atoms with E-state index in [0.717, 1.165) is 11.3 Å². The lowest BCUT2D eigenvalue weighted by Crippen LogP contribution is -2.48. The number of nitrogens with two attached hydrogens (primary N) is 1. The SMILES string of the molecule is CC1CC(C)C(C)N(S(=O)(=O)c2cc(CN)sc2Br)C1. The number of rotatable bonds is 3. The van der Waals surface area contributed by atoms with Gasteiger partial charge in [0.2, 0.25) is 10.0 Å². The second kappa shape index (κ2) is 6.04. The van der Waals surface area contributed by atoms with Crippen LogP contribution in [0.25, 0.3) is 0 Å². The van der Waals surface area contributed by atoms with Gasteiger partial charge in [-0.25, -0.2) is 8.42 Å². The minimum absolute atomic E-state index is 0.0318. The zero-order valence-corrected chi connectivity index (χ0v) is 15.2. The Labute approximate surface area is 133 Å². The van der Waals surface area contributed by atoms with Crippen molar-refractivity contribution < 1.29 is 8.42 Å². The summed E-state index contributed by atoms with van der Waals surface area (Å²) in [6.45, 7) is 7.18. The minimum Gasteiger partial charge on any atom is -0.326 e. The Balaban J connectivity index is 2.40. The molecule has 3 atom stereocenters. The van der Waals surface area contributed by atoms with Gasteiger partial charge in [0.1, 0.15) is 4.90 Å². The Morgan fingerprint density at radius 3 is 2.65 bits per heavy atom. The Morgan fingerprint density at radius 1 is 1.45 bits per heavy atom. The normalized spacial score (nSPS) is 28.8. The molecule has 4 nitrogen and oxygen atoms in total. The van der Waals surface area contributed by atoms with Crippen molar-refractivity contribution in [3.8, 4) is 0 Å². The number of nitrogens with zero attached hydrogens (tertiary/aromatic N) is 1. The monoisotopic (exact) mass is 380 g/mol. The zero-order chi connectivity index (χ0) is 15.1. The van der Waals surface area contributed by atoms with Crippen LogP contribution in [0.4, 0.5) is 0 Å².